The maximum atomic E-state index is 4.02. The van der Waals surface area contributed by atoms with Gasteiger partial charge in [0.2, 0.25) is 0 Å². The van der Waals surface area contributed by atoms with E-state index >= 15 is 0 Å². The van der Waals surface area contributed by atoms with Crippen molar-refractivity contribution in [2.75, 3.05) is 5.32 Å². The first-order valence-electron chi connectivity index (χ1n) is 4.30. The van der Waals surface area contributed by atoms with E-state index in [-0.39, 0.29) is 0 Å². The minimum Gasteiger partial charge on any atom is -0.378 e. The Kier molecular flexibility index (Phi) is 1.22. The van der Waals surface area contributed by atoms with E-state index in [2.05, 4.69) is 39.8 Å². The van der Waals surface area contributed by atoms with Gasteiger partial charge in [-0.05, 0) is 5.56 Å². The molecule has 13 heavy (non-hydrogen) atoms. The molecule has 0 bridgehead atoms. The number of fused-ring (bicyclic) bond motifs is 3. The zero-order valence-electron chi connectivity index (χ0n) is 7.04. The Morgan fingerprint density at radius 1 is 1.23 bits per heavy atom. The van der Waals surface area contributed by atoms with Gasteiger partial charge in [-0.1, -0.05) is 24.3 Å². The molecule has 3 nitrogen and oxygen atoms in total. The molecule has 0 fully saturated rings. The minimum absolute atomic E-state index is 0.892. The van der Waals surface area contributed by atoms with E-state index in [0.29, 0.717) is 0 Å². The monoisotopic (exact) mass is 171 g/mol. The van der Waals surface area contributed by atoms with E-state index in [4.69, 9.17) is 0 Å². The first-order valence-corrected chi connectivity index (χ1v) is 4.30. The molecule has 0 saturated carbocycles. The van der Waals surface area contributed by atoms with Gasteiger partial charge >= 0.3 is 0 Å². The summed E-state index contributed by atoms with van der Waals surface area (Å²) in [6, 6.07) is 8.36. The van der Waals surface area contributed by atoms with Gasteiger partial charge in [0.25, 0.3) is 0 Å². The molecular formula is C10H9N3. The number of benzene rings is 1. The molecule has 0 aliphatic carbocycles. The molecule has 0 radical (unpaired) electrons. The van der Waals surface area contributed by atoms with E-state index in [1.807, 2.05) is 6.20 Å². The molecule has 64 valence electrons. The van der Waals surface area contributed by atoms with Crippen molar-refractivity contribution in [3.63, 3.8) is 0 Å². The van der Waals surface area contributed by atoms with Crippen molar-refractivity contribution < 1.29 is 0 Å². The van der Waals surface area contributed by atoms with Gasteiger partial charge in [0.15, 0.2) is 0 Å². The number of aromatic amines is 1. The lowest BCUT2D eigenvalue weighted by Gasteiger charge is -2.16. The third-order valence-corrected chi connectivity index (χ3v) is 2.40. The standard InChI is InChI=1S/C10H9N3/c1-2-4-8-7(3-1)5-11-9-6-12-13-10(8)9/h1-4,6,11H,5H2,(H,12,13). The molecule has 0 amide bonds. The minimum atomic E-state index is 0.892. The number of nitrogens with zero attached hydrogens (tertiary/aromatic N) is 1. The lowest BCUT2D eigenvalue weighted by molar-refractivity contribution is 1.08. The van der Waals surface area contributed by atoms with Gasteiger partial charge in [-0.15, -0.1) is 0 Å². The molecule has 1 aliphatic rings. The molecule has 0 unspecified atom stereocenters. The predicted molar refractivity (Wildman–Crippen MR) is 51.4 cm³/mol. The molecule has 1 aromatic carbocycles. The van der Waals surface area contributed by atoms with Crippen LogP contribution < -0.4 is 5.32 Å². The molecule has 2 aromatic rings. The molecule has 2 N–H and O–H groups in total. The fraction of sp³-hybridized carbons (Fsp3) is 0.100. The van der Waals surface area contributed by atoms with Crippen molar-refractivity contribution in [1.29, 1.82) is 0 Å². The van der Waals surface area contributed by atoms with Crippen LogP contribution in [0.3, 0.4) is 0 Å². The number of nitrogens with one attached hydrogen (secondary N) is 2. The van der Waals surface area contributed by atoms with E-state index in [1.165, 1.54) is 11.1 Å². The van der Waals surface area contributed by atoms with E-state index in [1.54, 1.807) is 0 Å². The first-order chi connectivity index (χ1) is 6.45. The molecule has 0 saturated heterocycles. The quantitative estimate of drug-likeness (QED) is 0.636. The highest BCUT2D eigenvalue weighted by Gasteiger charge is 2.15. The zero-order chi connectivity index (χ0) is 8.67. The van der Waals surface area contributed by atoms with Crippen molar-refractivity contribution in [2.24, 2.45) is 0 Å². The van der Waals surface area contributed by atoms with Gasteiger partial charge < -0.3 is 5.32 Å². The van der Waals surface area contributed by atoms with E-state index in [0.717, 1.165) is 17.9 Å². The topological polar surface area (TPSA) is 40.7 Å². The van der Waals surface area contributed by atoms with Crippen LogP contribution in [0.2, 0.25) is 0 Å². The Bertz CT molecular complexity index is 445. The molecule has 2 heterocycles. The van der Waals surface area contributed by atoms with Crippen molar-refractivity contribution in [1.82, 2.24) is 10.2 Å². The molecular weight excluding hydrogens is 162 g/mol. The second kappa shape index (κ2) is 2.36. The number of rotatable bonds is 0. The van der Waals surface area contributed by atoms with Crippen molar-refractivity contribution in [3.05, 3.63) is 36.0 Å². The summed E-state index contributed by atoms with van der Waals surface area (Å²) < 4.78 is 0. The van der Waals surface area contributed by atoms with Crippen LogP contribution in [0.15, 0.2) is 30.5 Å². The molecule has 1 aliphatic heterocycles. The number of hydrogen-bond acceptors (Lipinski definition) is 2. The normalized spacial score (nSPS) is 12.9. The molecule has 1 aromatic heterocycles. The third-order valence-electron chi connectivity index (χ3n) is 2.40. The number of aromatic nitrogens is 2. The van der Waals surface area contributed by atoms with Crippen LogP contribution in [0.5, 0.6) is 0 Å². The maximum Gasteiger partial charge on any atom is 0.0885 e. The van der Waals surface area contributed by atoms with Crippen LogP contribution in [0.4, 0.5) is 5.69 Å². The average Bonchev–Trinajstić information content (AvgIpc) is 2.65. The Morgan fingerprint density at radius 3 is 3.15 bits per heavy atom. The van der Waals surface area contributed by atoms with Crippen LogP contribution >= 0.6 is 0 Å². The second-order valence-corrected chi connectivity index (χ2v) is 3.17. The number of hydrogen-bond donors (Lipinski definition) is 2. The summed E-state index contributed by atoms with van der Waals surface area (Å²) in [6.45, 7) is 0.892. The molecule has 0 atom stereocenters. The summed E-state index contributed by atoms with van der Waals surface area (Å²) in [4.78, 5) is 0. The largest absolute Gasteiger partial charge is 0.378 e. The Balaban J connectivity index is 2.30. The molecule has 3 rings (SSSR count). The number of anilines is 1. The van der Waals surface area contributed by atoms with Crippen molar-refractivity contribution >= 4 is 5.69 Å². The van der Waals surface area contributed by atoms with Crippen LogP contribution in [0.25, 0.3) is 11.3 Å². The van der Waals surface area contributed by atoms with Crippen molar-refractivity contribution in [2.45, 2.75) is 6.54 Å². The van der Waals surface area contributed by atoms with Gasteiger partial charge in [-0.25, -0.2) is 0 Å². The van der Waals surface area contributed by atoms with Crippen LogP contribution in [-0.2, 0) is 6.54 Å². The Morgan fingerprint density at radius 2 is 2.15 bits per heavy atom. The van der Waals surface area contributed by atoms with Gasteiger partial charge in [0.1, 0.15) is 0 Å². The lowest BCUT2D eigenvalue weighted by Crippen LogP contribution is -2.06. The predicted octanol–water partition coefficient (Wildman–Crippen LogP) is 2.00. The highest BCUT2D eigenvalue weighted by molar-refractivity contribution is 5.78. The summed E-state index contributed by atoms with van der Waals surface area (Å²) in [5.41, 5.74) is 4.77. The lowest BCUT2D eigenvalue weighted by atomic mass is 10.0. The van der Waals surface area contributed by atoms with E-state index in [9.17, 15) is 0 Å². The van der Waals surface area contributed by atoms with Gasteiger partial charge in [0, 0.05) is 12.1 Å². The maximum absolute atomic E-state index is 4.02. The molecule has 3 heteroatoms. The average molecular weight is 171 g/mol. The second-order valence-electron chi connectivity index (χ2n) is 3.17. The summed E-state index contributed by atoms with van der Waals surface area (Å²) >= 11 is 0. The fourth-order valence-corrected chi connectivity index (χ4v) is 1.73. The zero-order valence-corrected chi connectivity index (χ0v) is 7.04. The number of H-pyrrole nitrogens is 1. The SMILES string of the molecule is c1ccc2c(c1)CNc1cn[nH]c1-2. The summed E-state index contributed by atoms with van der Waals surface area (Å²) in [6.07, 6.45) is 1.82. The summed E-state index contributed by atoms with van der Waals surface area (Å²) in [5.74, 6) is 0. The smallest absolute Gasteiger partial charge is 0.0885 e. The van der Waals surface area contributed by atoms with Gasteiger partial charge in [0.05, 0.1) is 17.6 Å². The van der Waals surface area contributed by atoms with Crippen LogP contribution in [-0.4, -0.2) is 10.2 Å². The van der Waals surface area contributed by atoms with E-state index < -0.39 is 0 Å². The third kappa shape index (κ3) is 0.869. The fourth-order valence-electron chi connectivity index (χ4n) is 1.73. The van der Waals surface area contributed by atoms with Crippen LogP contribution in [0.1, 0.15) is 5.56 Å². The highest BCUT2D eigenvalue weighted by Crippen LogP contribution is 2.32. The van der Waals surface area contributed by atoms with Crippen LogP contribution in [0, 0.1) is 0 Å². The highest BCUT2D eigenvalue weighted by atomic mass is 15.1. The summed E-state index contributed by atoms with van der Waals surface area (Å²) in [5, 5.41) is 10.3. The van der Waals surface area contributed by atoms with Gasteiger partial charge in [-0.2, -0.15) is 5.10 Å². The van der Waals surface area contributed by atoms with Gasteiger partial charge in [-0.3, -0.25) is 5.10 Å². The molecule has 0 spiro atoms. The Hall–Kier alpha value is -1.77. The summed E-state index contributed by atoms with van der Waals surface area (Å²) in [7, 11) is 0. The van der Waals surface area contributed by atoms with Crippen molar-refractivity contribution in [3.8, 4) is 11.3 Å². The Labute approximate surface area is 75.8 Å². The first kappa shape index (κ1) is 6.71.